The molecule has 2 aromatic carbocycles. The summed E-state index contributed by atoms with van der Waals surface area (Å²) >= 11 is 2.11. The smallest absolute Gasteiger partial charge is 0.248 e. The van der Waals surface area contributed by atoms with E-state index in [0.717, 1.165) is 3.57 Å². The van der Waals surface area contributed by atoms with Gasteiger partial charge in [0.25, 0.3) is 0 Å². The number of carbonyl (C=O) groups is 1. The van der Waals surface area contributed by atoms with E-state index in [1.807, 2.05) is 0 Å². The first-order valence-electron chi connectivity index (χ1n) is 7.72. The Hall–Kier alpha value is -2.06. The van der Waals surface area contributed by atoms with Gasteiger partial charge in [-0.05, 0) is 59.0 Å². The molecular weight excluding hydrogens is 431 g/mol. The van der Waals surface area contributed by atoms with Gasteiger partial charge in [-0.1, -0.05) is 32.1 Å². The lowest BCUT2D eigenvalue weighted by molar-refractivity contribution is -0.112. The van der Waals surface area contributed by atoms with E-state index in [9.17, 15) is 15.0 Å². The molecule has 6 heteroatoms. The van der Waals surface area contributed by atoms with Crippen LogP contribution in [0.4, 0.5) is 11.4 Å². The molecule has 0 bridgehead atoms. The maximum absolute atomic E-state index is 12.1. The number of hydrogen-bond acceptors (Lipinski definition) is 4. The number of aliphatic hydroxyl groups excluding tert-OH is 1. The Morgan fingerprint density at radius 1 is 1.28 bits per heavy atom. The van der Waals surface area contributed by atoms with E-state index in [2.05, 4.69) is 27.9 Å². The highest BCUT2D eigenvalue weighted by Crippen LogP contribution is 2.39. The van der Waals surface area contributed by atoms with Crippen LogP contribution >= 0.6 is 22.6 Å². The fraction of sp³-hybridized carbons (Fsp3) is 0.211. The number of para-hydroxylation sites is 2. The van der Waals surface area contributed by atoms with Gasteiger partial charge in [-0.3, -0.25) is 4.79 Å². The normalized spacial score (nSPS) is 13.0. The van der Waals surface area contributed by atoms with E-state index in [-0.39, 0.29) is 11.7 Å². The van der Waals surface area contributed by atoms with Crippen LogP contribution in [0.25, 0.3) is 0 Å². The quantitative estimate of drug-likeness (QED) is 0.315. The Morgan fingerprint density at radius 2 is 1.96 bits per heavy atom. The van der Waals surface area contributed by atoms with Crippen LogP contribution in [0, 0.1) is 8.99 Å². The summed E-state index contributed by atoms with van der Waals surface area (Å²) in [5.41, 5.74) is 6.47. The van der Waals surface area contributed by atoms with Crippen LogP contribution in [0.3, 0.4) is 0 Å². The second-order valence-corrected chi connectivity index (χ2v) is 7.58. The summed E-state index contributed by atoms with van der Waals surface area (Å²) in [6.07, 6.45) is 2.01. The number of aliphatic hydroxyl groups is 1. The molecule has 5 N–H and O–H groups in total. The van der Waals surface area contributed by atoms with Crippen LogP contribution in [0.1, 0.15) is 25.5 Å². The third kappa shape index (κ3) is 4.96. The topological polar surface area (TPSA) is 95.6 Å². The van der Waals surface area contributed by atoms with Crippen LogP contribution in [0.2, 0.25) is 0 Å². The van der Waals surface area contributed by atoms with Gasteiger partial charge in [-0.2, -0.15) is 0 Å². The van der Waals surface area contributed by atoms with Gasteiger partial charge in [0.15, 0.2) is 0 Å². The van der Waals surface area contributed by atoms with Crippen molar-refractivity contribution in [2.75, 3.05) is 11.1 Å². The van der Waals surface area contributed by atoms with Crippen molar-refractivity contribution in [1.29, 1.82) is 0 Å². The number of nitrogens with one attached hydrogen (secondary N) is 1. The zero-order chi connectivity index (χ0) is 18.6. The zero-order valence-electron chi connectivity index (χ0n) is 14.0. The number of nitrogen functional groups attached to an aromatic ring is 1. The largest absolute Gasteiger partial charge is 0.508 e. The highest BCUT2D eigenvalue weighted by Gasteiger charge is 2.29. The van der Waals surface area contributed by atoms with Crippen molar-refractivity contribution < 1.29 is 15.0 Å². The van der Waals surface area contributed by atoms with Crippen molar-refractivity contribution in [3.8, 4) is 5.75 Å². The van der Waals surface area contributed by atoms with E-state index in [0.29, 0.717) is 16.9 Å². The number of nitrogens with two attached hydrogens (primary N) is 1. The molecule has 5 nitrogen and oxygen atoms in total. The van der Waals surface area contributed by atoms with E-state index >= 15 is 0 Å². The lowest BCUT2D eigenvalue weighted by Crippen LogP contribution is -2.21. The second kappa shape index (κ2) is 7.88. The molecule has 0 unspecified atom stereocenters. The molecule has 0 aromatic heterocycles. The Kier molecular flexibility index (Phi) is 6.07. The van der Waals surface area contributed by atoms with Crippen molar-refractivity contribution in [3.63, 3.8) is 0 Å². The number of halogens is 1. The molecule has 0 spiro atoms. The maximum atomic E-state index is 12.1. The standard InChI is InChI=1S/C19H21IN2O3/c1-19(2,18(25)13-11-12(20)7-8-16(13)23)10-9-17(24)22-15-6-4-3-5-14(15)21/h3-11,18,23,25H,21H2,1-2H3,(H,22,24)/b10-9+/t18-/m0/s1. The number of amides is 1. The highest BCUT2D eigenvalue weighted by molar-refractivity contribution is 14.1. The number of benzene rings is 2. The van der Waals surface area contributed by atoms with Crippen molar-refractivity contribution in [2.45, 2.75) is 20.0 Å². The number of anilines is 2. The van der Waals surface area contributed by atoms with Crippen molar-refractivity contribution in [2.24, 2.45) is 5.41 Å². The Bertz CT molecular complexity index is 803. The summed E-state index contributed by atoms with van der Waals surface area (Å²) in [5.74, 6) is -0.319. The molecule has 0 aliphatic carbocycles. The SMILES string of the molecule is CC(C)(/C=C/C(=O)Nc1ccccc1N)[C@@H](O)c1cc(I)ccc1O. The lowest BCUT2D eigenvalue weighted by atomic mass is 9.82. The fourth-order valence-electron chi connectivity index (χ4n) is 2.31. The Labute approximate surface area is 160 Å². The van der Waals surface area contributed by atoms with Gasteiger partial charge in [-0.25, -0.2) is 0 Å². The van der Waals surface area contributed by atoms with E-state index in [1.54, 1.807) is 62.4 Å². The van der Waals surface area contributed by atoms with E-state index in [1.165, 1.54) is 6.08 Å². The molecule has 0 saturated carbocycles. The molecule has 25 heavy (non-hydrogen) atoms. The van der Waals surface area contributed by atoms with Gasteiger partial charge in [-0.15, -0.1) is 0 Å². The molecule has 2 aromatic rings. The third-order valence-corrected chi connectivity index (χ3v) is 4.54. The lowest BCUT2D eigenvalue weighted by Gasteiger charge is -2.28. The first-order valence-corrected chi connectivity index (χ1v) is 8.80. The van der Waals surface area contributed by atoms with Crippen LogP contribution in [-0.4, -0.2) is 16.1 Å². The molecule has 2 rings (SSSR count). The van der Waals surface area contributed by atoms with Crippen molar-refractivity contribution in [1.82, 2.24) is 0 Å². The second-order valence-electron chi connectivity index (χ2n) is 6.34. The van der Waals surface area contributed by atoms with Gasteiger partial charge in [0.05, 0.1) is 17.5 Å². The minimum absolute atomic E-state index is 0.0240. The molecule has 0 aliphatic heterocycles. The number of rotatable bonds is 5. The molecule has 0 aliphatic rings. The summed E-state index contributed by atoms with van der Waals surface area (Å²) in [6.45, 7) is 3.58. The van der Waals surface area contributed by atoms with Gasteiger partial charge in [0.2, 0.25) is 5.91 Å². The summed E-state index contributed by atoms with van der Waals surface area (Å²) in [7, 11) is 0. The summed E-state index contributed by atoms with van der Waals surface area (Å²) in [5, 5.41) is 23.3. The molecule has 0 fully saturated rings. The van der Waals surface area contributed by atoms with Crippen LogP contribution < -0.4 is 11.1 Å². The Balaban J connectivity index is 2.13. The minimum atomic E-state index is -0.965. The molecular formula is C19H21IN2O3. The summed E-state index contributed by atoms with van der Waals surface area (Å²) in [4.78, 5) is 12.1. The molecule has 1 amide bonds. The van der Waals surface area contributed by atoms with Crippen LogP contribution in [0.5, 0.6) is 5.75 Å². The summed E-state index contributed by atoms with van der Waals surface area (Å²) in [6, 6.07) is 12.0. The van der Waals surface area contributed by atoms with Crippen LogP contribution in [-0.2, 0) is 4.79 Å². The van der Waals surface area contributed by atoms with Crippen molar-refractivity contribution in [3.05, 3.63) is 63.8 Å². The maximum Gasteiger partial charge on any atom is 0.248 e. The predicted octanol–water partition coefficient (Wildman–Crippen LogP) is 3.83. The average molecular weight is 452 g/mol. The number of hydrogen-bond donors (Lipinski definition) is 4. The fourth-order valence-corrected chi connectivity index (χ4v) is 2.83. The number of phenols is 1. The molecule has 132 valence electrons. The average Bonchev–Trinajstić information content (AvgIpc) is 2.57. The summed E-state index contributed by atoms with van der Waals surface area (Å²) < 4.78 is 0.904. The molecule has 1 atom stereocenters. The molecule has 0 heterocycles. The number of phenolic OH excluding ortho intramolecular Hbond substituents is 1. The van der Waals surface area contributed by atoms with Gasteiger partial charge < -0.3 is 21.3 Å². The minimum Gasteiger partial charge on any atom is -0.508 e. The molecule has 0 radical (unpaired) electrons. The van der Waals surface area contributed by atoms with Crippen molar-refractivity contribution >= 4 is 39.9 Å². The number of carbonyl (C=O) groups excluding carboxylic acids is 1. The number of aromatic hydroxyl groups is 1. The zero-order valence-corrected chi connectivity index (χ0v) is 16.2. The van der Waals surface area contributed by atoms with E-state index < -0.39 is 11.5 Å². The van der Waals surface area contributed by atoms with Gasteiger partial charge in [0, 0.05) is 14.5 Å². The highest BCUT2D eigenvalue weighted by atomic mass is 127. The van der Waals surface area contributed by atoms with Gasteiger partial charge >= 0.3 is 0 Å². The third-order valence-electron chi connectivity index (χ3n) is 3.87. The Morgan fingerprint density at radius 3 is 2.64 bits per heavy atom. The van der Waals surface area contributed by atoms with E-state index in [4.69, 9.17) is 5.73 Å². The monoisotopic (exact) mass is 452 g/mol. The molecule has 0 saturated heterocycles. The van der Waals surface area contributed by atoms with Crippen LogP contribution in [0.15, 0.2) is 54.6 Å². The first kappa shape index (κ1) is 19.3. The first-order chi connectivity index (χ1) is 11.7. The van der Waals surface area contributed by atoms with Gasteiger partial charge in [0.1, 0.15) is 5.75 Å². The predicted molar refractivity (Wildman–Crippen MR) is 108 cm³/mol.